The molecule has 0 radical (unpaired) electrons. The molecule has 1 aromatic heterocycles. The number of benzene rings is 2. The van der Waals surface area contributed by atoms with Gasteiger partial charge in [-0.05, 0) is 67.1 Å². The van der Waals surface area contributed by atoms with Crippen molar-refractivity contribution in [1.29, 1.82) is 0 Å². The van der Waals surface area contributed by atoms with Gasteiger partial charge < -0.3 is 10.8 Å². The molecule has 4 N–H and O–H groups in total. The Kier molecular flexibility index (Phi) is 4.65. The number of nitrogens with zero attached hydrogens (tertiary/aromatic N) is 2. The lowest BCUT2D eigenvalue weighted by molar-refractivity contribution is 0.113. The summed E-state index contributed by atoms with van der Waals surface area (Å²) < 4.78 is 27.4. The number of nitrogen functional groups attached to an aromatic ring is 1. The highest BCUT2D eigenvalue weighted by Crippen LogP contribution is 2.34. The van der Waals surface area contributed by atoms with E-state index in [1.54, 1.807) is 12.1 Å². The zero-order valence-corrected chi connectivity index (χ0v) is 16.8. The fraction of sp³-hybridized carbons (Fsp3) is 0.350. The van der Waals surface area contributed by atoms with E-state index in [0.29, 0.717) is 31.7 Å². The summed E-state index contributed by atoms with van der Waals surface area (Å²) in [6, 6.07) is 9.16. The average molecular weight is 401 g/mol. The van der Waals surface area contributed by atoms with Crippen molar-refractivity contribution < 1.29 is 13.5 Å². The monoisotopic (exact) mass is 400 g/mol. The second-order valence-corrected chi connectivity index (χ2v) is 9.32. The summed E-state index contributed by atoms with van der Waals surface area (Å²) >= 11 is 0. The van der Waals surface area contributed by atoms with Gasteiger partial charge in [0, 0.05) is 18.5 Å². The van der Waals surface area contributed by atoms with E-state index in [-0.39, 0.29) is 4.90 Å². The number of aliphatic hydroxyl groups excluding tert-OH is 1. The highest BCUT2D eigenvalue weighted by Gasteiger charge is 2.29. The van der Waals surface area contributed by atoms with E-state index in [4.69, 9.17) is 5.73 Å². The predicted octanol–water partition coefficient (Wildman–Crippen LogP) is 2.57. The molecule has 3 aromatic rings. The summed E-state index contributed by atoms with van der Waals surface area (Å²) in [6.07, 6.45) is 0.535. The standard InChI is InChI=1S/C20H24N4O3S/c1-12-11-15(28(26,27)24-9-7-14(25)8-10-24)3-4-16(12)17-5-6-18-19(13(17)2)20(21)23-22-18/h3-6,11,14,25H,7-10H2,1-2H3,(H3,21,22,23). The van der Waals surface area contributed by atoms with E-state index in [1.807, 2.05) is 32.0 Å². The molecular weight excluding hydrogens is 376 g/mol. The van der Waals surface area contributed by atoms with Crippen molar-refractivity contribution in [3.63, 3.8) is 0 Å². The third-order valence-electron chi connectivity index (χ3n) is 5.57. The molecular formula is C20H24N4O3S. The summed E-state index contributed by atoms with van der Waals surface area (Å²) in [6.45, 7) is 4.60. The van der Waals surface area contributed by atoms with E-state index in [1.165, 1.54) is 4.31 Å². The number of sulfonamides is 1. The first-order chi connectivity index (χ1) is 13.3. The molecule has 1 saturated heterocycles. The Morgan fingerprint density at radius 3 is 2.50 bits per heavy atom. The SMILES string of the molecule is Cc1cc(S(=O)(=O)N2CCC(O)CC2)ccc1-c1ccc2[nH]nc(N)c2c1C. The number of H-pyrrole nitrogens is 1. The number of aliphatic hydroxyl groups is 1. The van der Waals surface area contributed by atoms with E-state index < -0.39 is 16.1 Å². The Balaban J connectivity index is 1.73. The van der Waals surface area contributed by atoms with E-state index in [9.17, 15) is 13.5 Å². The van der Waals surface area contributed by atoms with E-state index >= 15 is 0 Å². The Labute approximate surface area is 164 Å². The molecule has 4 rings (SSSR count). The average Bonchev–Trinajstić information content (AvgIpc) is 3.04. The van der Waals surface area contributed by atoms with Crippen molar-refractivity contribution in [3.05, 3.63) is 41.5 Å². The quantitative estimate of drug-likeness (QED) is 0.625. The van der Waals surface area contributed by atoms with Crippen molar-refractivity contribution in [2.45, 2.75) is 37.7 Å². The number of nitrogens with one attached hydrogen (secondary N) is 1. The Morgan fingerprint density at radius 1 is 1.14 bits per heavy atom. The van der Waals surface area contributed by atoms with Crippen molar-refractivity contribution >= 4 is 26.7 Å². The van der Waals surface area contributed by atoms with Gasteiger partial charge in [0.1, 0.15) is 0 Å². The molecule has 0 spiro atoms. The molecule has 1 aliphatic rings. The molecule has 148 valence electrons. The maximum Gasteiger partial charge on any atom is 0.243 e. The van der Waals surface area contributed by atoms with Crippen LogP contribution in [0.3, 0.4) is 0 Å². The summed E-state index contributed by atoms with van der Waals surface area (Å²) in [5.41, 5.74) is 10.7. The number of rotatable bonds is 3. The van der Waals surface area contributed by atoms with Crippen LogP contribution in [0.1, 0.15) is 24.0 Å². The number of hydrogen-bond acceptors (Lipinski definition) is 5. The lowest BCUT2D eigenvalue weighted by atomic mass is 9.94. The van der Waals surface area contributed by atoms with Crippen molar-refractivity contribution in [2.75, 3.05) is 18.8 Å². The van der Waals surface area contributed by atoms with Gasteiger partial charge in [0.05, 0.1) is 16.5 Å². The molecule has 28 heavy (non-hydrogen) atoms. The van der Waals surface area contributed by atoms with Gasteiger partial charge in [0.2, 0.25) is 10.0 Å². The second kappa shape index (κ2) is 6.88. The van der Waals surface area contributed by atoms with Crippen molar-refractivity contribution in [2.24, 2.45) is 0 Å². The zero-order chi connectivity index (χ0) is 20.1. The normalized spacial score (nSPS) is 16.7. The molecule has 1 fully saturated rings. The fourth-order valence-corrected chi connectivity index (χ4v) is 5.49. The van der Waals surface area contributed by atoms with Crippen LogP contribution in [0.2, 0.25) is 0 Å². The summed E-state index contributed by atoms with van der Waals surface area (Å²) in [5, 5.41) is 17.5. The topological polar surface area (TPSA) is 112 Å². The van der Waals surface area contributed by atoms with Crippen molar-refractivity contribution in [3.8, 4) is 11.1 Å². The lowest BCUT2D eigenvalue weighted by Crippen LogP contribution is -2.40. The third kappa shape index (κ3) is 3.07. The molecule has 0 unspecified atom stereocenters. The minimum atomic E-state index is -3.56. The van der Waals surface area contributed by atoms with Gasteiger partial charge in [-0.2, -0.15) is 9.40 Å². The van der Waals surface area contributed by atoms with Crippen LogP contribution in [0.15, 0.2) is 35.2 Å². The molecule has 2 heterocycles. The van der Waals surface area contributed by atoms with Crippen LogP contribution < -0.4 is 5.73 Å². The molecule has 0 amide bonds. The fourth-order valence-electron chi connectivity index (χ4n) is 3.93. The number of piperidine rings is 1. The second-order valence-electron chi connectivity index (χ2n) is 7.38. The van der Waals surface area contributed by atoms with Gasteiger partial charge in [0.25, 0.3) is 0 Å². The zero-order valence-electron chi connectivity index (χ0n) is 15.9. The molecule has 0 saturated carbocycles. The lowest BCUT2D eigenvalue weighted by Gasteiger charge is -2.29. The van der Waals surface area contributed by atoms with Gasteiger partial charge in [-0.1, -0.05) is 12.1 Å². The van der Waals surface area contributed by atoms with Gasteiger partial charge in [-0.25, -0.2) is 8.42 Å². The van der Waals surface area contributed by atoms with E-state index in [2.05, 4.69) is 10.2 Å². The number of hydrogen-bond donors (Lipinski definition) is 3. The maximum absolute atomic E-state index is 13.0. The molecule has 8 heteroatoms. The van der Waals surface area contributed by atoms with Crippen LogP contribution in [-0.2, 0) is 10.0 Å². The van der Waals surface area contributed by atoms with Crippen LogP contribution in [0, 0.1) is 13.8 Å². The third-order valence-corrected chi connectivity index (χ3v) is 7.46. The molecule has 0 atom stereocenters. The Bertz CT molecular complexity index is 1150. The number of fused-ring (bicyclic) bond motifs is 1. The van der Waals surface area contributed by atoms with Crippen LogP contribution in [-0.4, -0.2) is 47.2 Å². The summed E-state index contributed by atoms with van der Waals surface area (Å²) in [4.78, 5) is 0.284. The first kappa shape index (κ1) is 18.9. The minimum absolute atomic E-state index is 0.284. The number of aryl methyl sites for hydroxylation is 2. The van der Waals surface area contributed by atoms with Crippen LogP contribution >= 0.6 is 0 Å². The minimum Gasteiger partial charge on any atom is -0.393 e. The van der Waals surface area contributed by atoms with Gasteiger partial charge >= 0.3 is 0 Å². The van der Waals surface area contributed by atoms with Gasteiger partial charge in [-0.15, -0.1) is 0 Å². The van der Waals surface area contributed by atoms with Crippen LogP contribution in [0.5, 0.6) is 0 Å². The largest absolute Gasteiger partial charge is 0.393 e. The summed E-state index contributed by atoms with van der Waals surface area (Å²) in [7, 11) is -3.56. The molecule has 2 aromatic carbocycles. The van der Waals surface area contributed by atoms with E-state index in [0.717, 1.165) is 33.2 Å². The number of nitrogens with two attached hydrogens (primary N) is 1. The number of aromatic nitrogens is 2. The van der Waals surface area contributed by atoms with Gasteiger partial charge in [0.15, 0.2) is 5.82 Å². The molecule has 0 aliphatic carbocycles. The van der Waals surface area contributed by atoms with Crippen molar-refractivity contribution in [1.82, 2.24) is 14.5 Å². The number of anilines is 1. The molecule has 0 bridgehead atoms. The Hall–Kier alpha value is -2.42. The highest BCUT2D eigenvalue weighted by molar-refractivity contribution is 7.89. The predicted molar refractivity (Wildman–Crippen MR) is 109 cm³/mol. The smallest absolute Gasteiger partial charge is 0.243 e. The maximum atomic E-state index is 13.0. The first-order valence-corrected chi connectivity index (χ1v) is 10.8. The van der Waals surface area contributed by atoms with Crippen LogP contribution in [0.25, 0.3) is 22.0 Å². The molecule has 7 nitrogen and oxygen atoms in total. The first-order valence-electron chi connectivity index (χ1n) is 9.31. The molecule has 1 aliphatic heterocycles. The Morgan fingerprint density at radius 2 is 1.82 bits per heavy atom. The van der Waals surface area contributed by atoms with Gasteiger partial charge in [-0.3, -0.25) is 5.10 Å². The highest BCUT2D eigenvalue weighted by atomic mass is 32.2. The number of aromatic amines is 1. The van der Waals surface area contributed by atoms with Crippen LogP contribution in [0.4, 0.5) is 5.82 Å². The summed E-state index contributed by atoms with van der Waals surface area (Å²) in [5.74, 6) is 0.457.